The van der Waals surface area contributed by atoms with Crippen LogP contribution in [0.15, 0.2) is 103 Å². The van der Waals surface area contributed by atoms with E-state index in [0.717, 1.165) is 28.8 Å². The highest BCUT2D eigenvalue weighted by Gasteiger charge is 2.30. The van der Waals surface area contributed by atoms with E-state index in [1.54, 1.807) is 24.3 Å². The van der Waals surface area contributed by atoms with E-state index in [1.165, 1.54) is 12.1 Å². The molecule has 0 fully saturated rings. The topological polar surface area (TPSA) is 75.6 Å². The van der Waals surface area contributed by atoms with E-state index in [9.17, 15) is 22.8 Å². The number of benzene rings is 4. The van der Waals surface area contributed by atoms with E-state index in [1.807, 2.05) is 54.6 Å². The number of ether oxygens (including phenoxy) is 1. The number of nitrogens with one attached hydrogen (secondary N) is 1. The van der Waals surface area contributed by atoms with Gasteiger partial charge in [-0.2, -0.15) is 13.2 Å². The average Bonchev–Trinajstić information content (AvgIpc) is 2.92. The van der Waals surface area contributed by atoms with Gasteiger partial charge in [-0.1, -0.05) is 66.7 Å². The van der Waals surface area contributed by atoms with E-state index < -0.39 is 23.8 Å². The first-order valence-electron chi connectivity index (χ1n) is 11.8. The summed E-state index contributed by atoms with van der Waals surface area (Å²) in [6, 6.07) is 28.5. The highest BCUT2D eigenvalue weighted by molar-refractivity contribution is 5.94. The molecule has 5 nitrogen and oxygen atoms in total. The van der Waals surface area contributed by atoms with E-state index in [2.05, 4.69) is 5.32 Å². The van der Waals surface area contributed by atoms with Gasteiger partial charge in [-0.25, -0.2) is 0 Å². The van der Waals surface area contributed by atoms with Gasteiger partial charge in [0, 0.05) is 12.1 Å². The Morgan fingerprint density at radius 1 is 0.763 bits per heavy atom. The Morgan fingerprint density at radius 3 is 1.87 bits per heavy atom. The number of carbonyl (C=O) groups excluding carboxylic acids is 1. The van der Waals surface area contributed by atoms with Gasteiger partial charge in [0.25, 0.3) is 5.91 Å². The van der Waals surface area contributed by atoms with Crippen LogP contribution in [-0.4, -0.2) is 23.5 Å². The maximum atomic E-state index is 12.9. The van der Waals surface area contributed by atoms with Gasteiger partial charge in [0.2, 0.25) is 0 Å². The first-order valence-corrected chi connectivity index (χ1v) is 11.8. The lowest BCUT2D eigenvalue weighted by molar-refractivity contribution is -0.138. The molecule has 0 aliphatic heterocycles. The van der Waals surface area contributed by atoms with Gasteiger partial charge >= 0.3 is 12.1 Å². The molecule has 0 aliphatic rings. The number of carboxylic acids is 1. The molecule has 1 amide bonds. The number of carboxylic acid groups (broad SMARTS) is 1. The molecule has 1 atom stereocenters. The number of rotatable bonds is 9. The number of hydrogen-bond donors (Lipinski definition) is 2. The molecular formula is C30H24F3NO4. The Balaban J connectivity index is 1.52. The summed E-state index contributed by atoms with van der Waals surface area (Å²) < 4.78 is 45.0. The molecule has 0 aromatic heterocycles. The summed E-state index contributed by atoms with van der Waals surface area (Å²) in [5.41, 5.74) is 2.85. The van der Waals surface area contributed by atoms with E-state index >= 15 is 0 Å². The van der Waals surface area contributed by atoms with Gasteiger partial charge in [0.1, 0.15) is 11.9 Å². The molecule has 194 valence electrons. The van der Waals surface area contributed by atoms with Crippen molar-refractivity contribution in [3.05, 3.63) is 125 Å². The summed E-state index contributed by atoms with van der Waals surface area (Å²) in [6.07, 6.45) is -5.03. The fourth-order valence-electron chi connectivity index (χ4n) is 3.86. The van der Waals surface area contributed by atoms with Crippen LogP contribution in [0, 0.1) is 0 Å². The molecule has 0 radical (unpaired) electrons. The standard InChI is InChI=1S/C30H24F3NO4/c31-30(32,33)25-14-10-21(11-15-25)20-6-8-23(9-7-20)28(22-4-2-1-3-5-22)38-26-16-12-24(13-17-26)29(37)34-19-18-27(35)36/h1-17,28H,18-19H2,(H,34,37)(H,35,36). The van der Waals surface area contributed by atoms with Crippen molar-refractivity contribution < 1.29 is 32.6 Å². The van der Waals surface area contributed by atoms with Crippen molar-refractivity contribution in [3.63, 3.8) is 0 Å². The van der Waals surface area contributed by atoms with Crippen molar-refractivity contribution in [2.24, 2.45) is 0 Å². The Hall–Kier alpha value is -4.59. The second-order valence-electron chi connectivity index (χ2n) is 8.53. The maximum Gasteiger partial charge on any atom is 0.416 e. The number of carbonyl (C=O) groups is 2. The third kappa shape index (κ3) is 6.79. The highest BCUT2D eigenvalue weighted by Crippen LogP contribution is 2.33. The molecule has 2 N–H and O–H groups in total. The lowest BCUT2D eigenvalue weighted by Crippen LogP contribution is -2.25. The predicted octanol–water partition coefficient (Wildman–Crippen LogP) is 6.75. The summed E-state index contributed by atoms with van der Waals surface area (Å²) in [5.74, 6) is -0.850. The van der Waals surface area contributed by atoms with Gasteiger partial charge in [-0.3, -0.25) is 9.59 Å². The Labute approximate surface area is 217 Å². The third-order valence-electron chi connectivity index (χ3n) is 5.86. The normalized spacial score (nSPS) is 12.0. The molecule has 0 heterocycles. The first kappa shape index (κ1) is 26.5. The van der Waals surface area contributed by atoms with Crippen LogP contribution in [0.4, 0.5) is 13.2 Å². The average molecular weight is 520 g/mol. The number of aliphatic carboxylic acids is 1. The summed E-state index contributed by atoms with van der Waals surface area (Å²) in [7, 11) is 0. The van der Waals surface area contributed by atoms with Crippen LogP contribution in [0.1, 0.15) is 39.6 Å². The maximum absolute atomic E-state index is 12.9. The quantitative estimate of drug-likeness (QED) is 0.257. The molecule has 0 bridgehead atoms. The van der Waals surface area contributed by atoms with Crippen LogP contribution in [-0.2, 0) is 11.0 Å². The smallest absolute Gasteiger partial charge is 0.416 e. The Morgan fingerprint density at radius 2 is 1.32 bits per heavy atom. The lowest BCUT2D eigenvalue weighted by atomic mass is 9.97. The summed E-state index contributed by atoms with van der Waals surface area (Å²) >= 11 is 0. The lowest BCUT2D eigenvalue weighted by Gasteiger charge is -2.21. The van der Waals surface area contributed by atoms with Crippen molar-refractivity contribution >= 4 is 11.9 Å². The zero-order valence-corrected chi connectivity index (χ0v) is 20.1. The fourth-order valence-corrected chi connectivity index (χ4v) is 3.86. The number of alkyl halides is 3. The minimum Gasteiger partial charge on any atom is -0.481 e. The molecule has 0 spiro atoms. The van der Waals surface area contributed by atoms with Crippen LogP contribution < -0.4 is 10.1 Å². The first-order chi connectivity index (χ1) is 18.2. The molecule has 0 aliphatic carbocycles. The molecule has 4 aromatic carbocycles. The van der Waals surface area contributed by atoms with Crippen LogP contribution in [0.3, 0.4) is 0 Å². The molecule has 1 unspecified atom stereocenters. The van der Waals surface area contributed by atoms with Crippen molar-refractivity contribution in [2.45, 2.75) is 18.7 Å². The fraction of sp³-hybridized carbons (Fsp3) is 0.133. The van der Waals surface area contributed by atoms with Crippen molar-refractivity contribution in [3.8, 4) is 16.9 Å². The van der Waals surface area contributed by atoms with Crippen LogP contribution in [0.2, 0.25) is 0 Å². The van der Waals surface area contributed by atoms with Gasteiger partial charge in [-0.05, 0) is 58.7 Å². The molecular weight excluding hydrogens is 495 g/mol. The van der Waals surface area contributed by atoms with Gasteiger partial charge in [-0.15, -0.1) is 0 Å². The van der Waals surface area contributed by atoms with Crippen LogP contribution in [0.25, 0.3) is 11.1 Å². The minimum atomic E-state index is -4.38. The van der Waals surface area contributed by atoms with Crippen LogP contribution in [0.5, 0.6) is 5.75 Å². The van der Waals surface area contributed by atoms with Crippen LogP contribution >= 0.6 is 0 Å². The Kier molecular flexibility index (Phi) is 8.11. The van der Waals surface area contributed by atoms with Crippen molar-refractivity contribution in [1.82, 2.24) is 5.32 Å². The van der Waals surface area contributed by atoms with E-state index in [4.69, 9.17) is 9.84 Å². The predicted molar refractivity (Wildman–Crippen MR) is 137 cm³/mol. The molecule has 0 saturated carbocycles. The summed E-state index contributed by atoms with van der Waals surface area (Å²) in [6.45, 7) is 0.0327. The number of halogens is 3. The van der Waals surface area contributed by atoms with Gasteiger partial charge < -0.3 is 15.2 Å². The SMILES string of the molecule is O=C(O)CCNC(=O)c1ccc(OC(c2ccccc2)c2ccc(-c3ccc(C(F)(F)F)cc3)cc2)cc1. The zero-order valence-electron chi connectivity index (χ0n) is 20.1. The molecule has 8 heteroatoms. The van der Waals surface area contributed by atoms with Gasteiger partial charge in [0.05, 0.1) is 12.0 Å². The number of hydrogen-bond acceptors (Lipinski definition) is 3. The zero-order chi connectivity index (χ0) is 27.1. The van der Waals surface area contributed by atoms with Gasteiger partial charge in [0.15, 0.2) is 0 Å². The second kappa shape index (κ2) is 11.6. The second-order valence-corrected chi connectivity index (χ2v) is 8.53. The monoisotopic (exact) mass is 519 g/mol. The van der Waals surface area contributed by atoms with Crippen molar-refractivity contribution in [2.75, 3.05) is 6.54 Å². The Bertz CT molecular complexity index is 1370. The molecule has 0 saturated heterocycles. The van der Waals surface area contributed by atoms with Crippen molar-refractivity contribution in [1.29, 1.82) is 0 Å². The highest BCUT2D eigenvalue weighted by atomic mass is 19.4. The summed E-state index contributed by atoms with van der Waals surface area (Å²) in [4.78, 5) is 22.8. The van der Waals surface area contributed by atoms with E-state index in [-0.39, 0.29) is 18.9 Å². The third-order valence-corrected chi connectivity index (χ3v) is 5.86. The summed E-state index contributed by atoms with van der Waals surface area (Å²) in [5, 5.41) is 11.3. The minimum absolute atomic E-state index is 0.0327. The molecule has 38 heavy (non-hydrogen) atoms. The van der Waals surface area contributed by atoms with E-state index in [0.29, 0.717) is 16.9 Å². The molecule has 4 rings (SSSR count). The molecule has 4 aromatic rings. The largest absolute Gasteiger partial charge is 0.481 e. The number of amides is 1.